The molecular weight excluding hydrogens is 275 g/mol. The maximum absolute atomic E-state index is 12.7. The van der Waals surface area contributed by atoms with Gasteiger partial charge in [0, 0.05) is 24.2 Å². The largest absolute Gasteiger partial charge is 0.416 e. The SMILES string of the molecule is Nc1ncc(CNCc2ccccc2C(F)(F)F)s1. The molecule has 1 heterocycles. The third kappa shape index (κ3) is 3.68. The van der Waals surface area contributed by atoms with Crippen LogP contribution in [0.2, 0.25) is 0 Å². The lowest BCUT2D eigenvalue weighted by molar-refractivity contribution is -0.138. The molecule has 0 fully saturated rings. The minimum absolute atomic E-state index is 0.146. The summed E-state index contributed by atoms with van der Waals surface area (Å²) < 4.78 is 38.2. The van der Waals surface area contributed by atoms with Crippen molar-refractivity contribution in [1.82, 2.24) is 10.3 Å². The molecule has 3 nitrogen and oxygen atoms in total. The van der Waals surface area contributed by atoms with Gasteiger partial charge in [0.05, 0.1) is 5.56 Å². The van der Waals surface area contributed by atoms with Crippen LogP contribution in [-0.4, -0.2) is 4.98 Å². The van der Waals surface area contributed by atoms with Gasteiger partial charge in [-0.15, -0.1) is 11.3 Å². The van der Waals surface area contributed by atoms with Gasteiger partial charge in [0.2, 0.25) is 0 Å². The van der Waals surface area contributed by atoms with Crippen LogP contribution in [0.3, 0.4) is 0 Å². The molecule has 0 radical (unpaired) electrons. The number of alkyl halides is 3. The summed E-state index contributed by atoms with van der Waals surface area (Å²) in [6.07, 6.45) is -2.71. The average molecular weight is 287 g/mol. The fourth-order valence-electron chi connectivity index (χ4n) is 1.68. The fraction of sp³-hybridized carbons (Fsp3) is 0.250. The van der Waals surface area contributed by atoms with Gasteiger partial charge in [-0.25, -0.2) is 4.98 Å². The van der Waals surface area contributed by atoms with Crippen molar-refractivity contribution in [3.05, 3.63) is 46.5 Å². The minimum Gasteiger partial charge on any atom is -0.375 e. The van der Waals surface area contributed by atoms with E-state index in [2.05, 4.69) is 10.3 Å². The monoisotopic (exact) mass is 287 g/mol. The van der Waals surface area contributed by atoms with Gasteiger partial charge in [-0.1, -0.05) is 18.2 Å². The Labute approximate surface area is 112 Å². The molecule has 0 saturated carbocycles. The molecule has 0 unspecified atom stereocenters. The van der Waals surface area contributed by atoms with E-state index >= 15 is 0 Å². The molecule has 0 bridgehead atoms. The van der Waals surface area contributed by atoms with E-state index in [1.807, 2.05) is 0 Å². The number of thiazole rings is 1. The summed E-state index contributed by atoms with van der Waals surface area (Å²) in [6.45, 7) is 0.592. The highest BCUT2D eigenvalue weighted by Gasteiger charge is 2.32. The Morgan fingerprint density at radius 3 is 2.58 bits per heavy atom. The number of aromatic nitrogens is 1. The van der Waals surface area contributed by atoms with Crippen molar-refractivity contribution in [2.45, 2.75) is 19.3 Å². The first-order chi connectivity index (χ1) is 8.97. The van der Waals surface area contributed by atoms with Gasteiger partial charge in [0.15, 0.2) is 5.13 Å². The Kier molecular flexibility index (Phi) is 4.06. The maximum atomic E-state index is 12.7. The van der Waals surface area contributed by atoms with Crippen molar-refractivity contribution in [2.75, 3.05) is 5.73 Å². The Bertz CT molecular complexity index is 551. The lowest BCUT2D eigenvalue weighted by Crippen LogP contribution is -2.16. The first-order valence-corrected chi connectivity index (χ1v) is 6.34. The second-order valence-electron chi connectivity index (χ2n) is 3.92. The summed E-state index contributed by atoms with van der Waals surface area (Å²) in [6, 6.07) is 5.53. The van der Waals surface area contributed by atoms with Gasteiger partial charge >= 0.3 is 6.18 Å². The van der Waals surface area contributed by atoms with Crippen LogP contribution in [0.25, 0.3) is 0 Å². The summed E-state index contributed by atoms with van der Waals surface area (Å²) in [5.41, 5.74) is 5.10. The van der Waals surface area contributed by atoms with Crippen LogP contribution < -0.4 is 11.1 Å². The average Bonchev–Trinajstić information content (AvgIpc) is 2.74. The van der Waals surface area contributed by atoms with Crippen LogP contribution in [0.15, 0.2) is 30.5 Å². The summed E-state index contributed by atoms with van der Waals surface area (Å²) in [7, 11) is 0. The fourth-order valence-corrected chi connectivity index (χ4v) is 2.33. The van der Waals surface area contributed by atoms with Crippen molar-refractivity contribution in [1.29, 1.82) is 0 Å². The number of hydrogen-bond donors (Lipinski definition) is 2. The third-order valence-corrected chi connectivity index (χ3v) is 3.34. The molecule has 19 heavy (non-hydrogen) atoms. The lowest BCUT2D eigenvalue weighted by Gasteiger charge is -2.12. The van der Waals surface area contributed by atoms with Gasteiger partial charge in [0.25, 0.3) is 0 Å². The molecule has 0 spiro atoms. The molecule has 0 aliphatic rings. The molecule has 102 valence electrons. The number of nitrogens with zero attached hydrogens (tertiary/aromatic N) is 1. The third-order valence-electron chi connectivity index (χ3n) is 2.51. The second kappa shape index (κ2) is 5.58. The molecule has 7 heteroatoms. The molecule has 0 saturated heterocycles. The molecule has 0 amide bonds. The second-order valence-corrected chi connectivity index (χ2v) is 5.07. The Morgan fingerprint density at radius 2 is 1.95 bits per heavy atom. The van der Waals surface area contributed by atoms with Crippen LogP contribution >= 0.6 is 11.3 Å². The molecule has 2 rings (SSSR count). The van der Waals surface area contributed by atoms with Crippen LogP contribution in [0, 0.1) is 0 Å². The molecule has 1 aromatic heterocycles. The molecule has 2 aromatic rings. The van der Waals surface area contributed by atoms with Crippen molar-refractivity contribution < 1.29 is 13.2 Å². The minimum atomic E-state index is -4.33. The number of hydrogen-bond acceptors (Lipinski definition) is 4. The van der Waals surface area contributed by atoms with E-state index in [0.29, 0.717) is 11.7 Å². The normalized spacial score (nSPS) is 11.7. The zero-order valence-electron chi connectivity index (χ0n) is 9.87. The van der Waals surface area contributed by atoms with E-state index in [-0.39, 0.29) is 12.1 Å². The van der Waals surface area contributed by atoms with Crippen LogP contribution in [0.5, 0.6) is 0 Å². The van der Waals surface area contributed by atoms with E-state index in [1.165, 1.54) is 23.5 Å². The van der Waals surface area contributed by atoms with Crippen LogP contribution in [0.1, 0.15) is 16.0 Å². The molecule has 1 aromatic carbocycles. The molecule has 3 N–H and O–H groups in total. The van der Waals surface area contributed by atoms with Crippen molar-refractivity contribution >= 4 is 16.5 Å². The van der Waals surface area contributed by atoms with Gasteiger partial charge in [-0.2, -0.15) is 13.2 Å². The molecule has 0 atom stereocenters. The van der Waals surface area contributed by atoms with Crippen LogP contribution in [0.4, 0.5) is 18.3 Å². The standard InChI is InChI=1S/C12H12F3N3S/c13-12(14,15)10-4-2-1-3-8(10)5-17-6-9-7-18-11(16)19-9/h1-4,7,17H,5-6H2,(H2,16,18). The summed E-state index contributed by atoms with van der Waals surface area (Å²) >= 11 is 1.31. The van der Waals surface area contributed by atoms with Gasteiger partial charge in [0.1, 0.15) is 0 Å². The number of nitrogens with two attached hydrogens (primary N) is 1. The summed E-state index contributed by atoms with van der Waals surface area (Å²) in [5.74, 6) is 0. The number of nitrogen functional groups attached to an aromatic ring is 1. The van der Waals surface area contributed by atoms with Crippen molar-refractivity contribution in [2.24, 2.45) is 0 Å². The number of benzene rings is 1. The lowest BCUT2D eigenvalue weighted by atomic mass is 10.1. The first kappa shape index (κ1) is 13.8. The first-order valence-electron chi connectivity index (χ1n) is 5.53. The van der Waals surface area contributed by atoms with E-state index in [9.17, 15) is 13.2 Å². The number of anilines is 1. The zero-order valence-corrected chi connectivity index (χ0v) is 10.7. The Morgan fingerprint density at radius 1 is 1.21 bits per heavy atom. The smallest absolute Gasteiger partial charge is 0.375 e. The van der Waals surface area contributed by atoms with Gasteiger partial charge < -0.3 is 11.1 Å². The topological polar surface area (TPSA) is 50.9 Å². The summed E-state index contributed by atoms with van der Waals surface area (Å²) in [4.78, 5) is 4.77. The predicted molar refractivity (Wildman–Crippen MR) is 68.5 cm³/mol. The Balaban J connectivity index is 2.00. The highest BCUT2D eigenvalue weighted by atomic mass is 32.1. The maximum Gasteiger partial charge on any atom is 0.416 e. The Hall–Kier alpha value is -1.60. The summed E-state index contributed by atoms with van der Waals surface area (Å²) in [5, 5.41) is 3.41. The van der Waals surface area contributed by atoms with E-state index < -0.39 is 11.7 Å². The van der Waals surface area contributed by atoms with Crippen LogP contribution in [-0.2, 0) is 19.3 Å². The highest BCUT2D eigenvalue weighted by molar-refractivity contribution is 7.15. The quantitative estimate of drug-likeness (QED) is 0.908. The van der Waals surface area contributed by atoms with E-state index in [1.54, 1.807) is 12.3 Å². The highest BCUT2D eigenvalue weighted by Crippen LogP contribution is 2.31. The molecular formula is C12H12F3N3S. The molecule has 0 aliphatic heterocycles. The van der Waals surface area contributed by atoms with Gasteiger partial charge in [-0.05, 0) is 11.6 Å². The zero-order chi connectivity index (χ0) is 13.9. The number of rotatable bonds is 4. The van der Waals surface area contributed by atoms with E-state index in [4.69, 9.17) is 5.73 Å². The van der Waals surface area contributed by atoms with Crippen molar-refractivity contribution in [3.63, 3.8) is 0 Å². The van der Waals surface area contributed by atoms with Gasteiger partial charge in [-0.3, -0.25) is 0 Å². The number of halogens is 3. The molecule has 0 aliphatic carbocycles. The number of nitrogens with one attached hydrogen (secondary N) is 1. The predicted octanol–water partition coefficient (Wildman–Crippen LogP) is 3.03. The van der Waals surface area contributed by atoms with E-state index in [0.717, 1.165) is 10.9 Å². The van der Waals surface area contributed by atoms with Crippen molar-refractivity contribution in [3.8, 4) is 0 Å².